The van der Waals surface area contributed by atoms with Gasteiger partial charge in [0.15, 0.2) is 5.82 Å². The van der Waals surface area contributed by atoms with Gasteiger partial charge in [-0.25, -0.2) is 9.97 Å². The molecule has 1 aromatic heterocycles. The maximum absolute atomic E-state index is 6.32. The molecule has 0 aliphatic heterocycles. The van der Waals surface area contributed by atoms with Gasteiger partial charge in [0.1, 0.15) is 10.9 Å². The van der Waals surface area contributed by atoms with E-state index in [0.29, 0.717) is 11.0 Å². The van der Waals surface area contributed by atoms with Crippen LogP contribution >= 0.6 is 11.6 Å². The summed E-state index contributed by atoms with van der Waals surface area (Å²) >= 11 is 6.32. The number of hydrogen-bond donors (Lipinski definition) is 0. The second-order valence-electron chi connectivity index (χ2n) is 5.34. The van der Waals surface area contributed by atoms with Gasteiger partial charge < -0.3 is 4.74 Å². The number of ether oxygens (including phenoxy) is 1. The maximum Gasteiger partial charge on any atom is 0.161 e. The minimum absolute atomic E-state index is 0.612. The van der Waals surface area contributed by atoms with E-state index in [1.54, 1.807) is 0 Å². The molecule has 1 aromatic carbocycles. The summed E-state index contributed by atoms with van der Waals surface area (Å²) < 4.78 is 5.59. The summed E-state index contributed by atoms with van der Waals surface area (Å²) in [5.74, 6) is 1.59. The van der Waals surface area contributed by atoms with Crippen LogP contribution in [0.15, 0.2) is 24.3 Å². The molecular weight excluding hydrogens is 284 g/mol. The van der Waals surface area contributed by atoms with E-state index >= 15 is 0 Å². The van der Waals surface area contributed by atoms with Crippen molar-refractivity contribution < 1.29 is 4.74 Å². The smallest absolute Gasteiger partial charge is 0.161 e. The fraction of sp³-hybridized carbons (Fsp3) is 0.412. The van der Waals surface area contributed by atoms with Crippen LogP contribution in [0.3, 0.4) is 0 Å². The zero-order valence-corrected chi connectivity index (χ0v) is 13.0. The topological polar surface area (TPSA) is 35.0 Å². The lowest BCUT2D eigenvalue weighted by Gasteiger charge is -2.16. The Labute approximate surface area is 130 Å². The zero-order valence-electron chi connectivity index (χ0n) is 12.2. The van der Waals surface area contributed by atoms with Crippen LogP contribution in [0.1, 0.15) is 37.4 Å². The highest BCUT2D eigenvalue weighted by Gasteiger charge is 2.17. The molecule has 21 heavy (non-hydrogen) atoms. The molecular formula is C17H19ClN2O. The average molecular weight is 303 g/mol. The van der Waals surface area contributed by atoms with E-state index in [1.165, 1.54) is 12.8 Å². The summed E-state index contributed by atoms with van der Waals surface area (Å²) in [6.07, 6.45) is 5.37. The first-order valence-corrected chi connectivity index (χ1v) is 7.94. The third-order valence-electron chi connectivity index (χ3n) is 3.72. The number of rotatable bonds is 4. The highest BCUT2D eigenvalue weighted by Crippen LogP contribution is 2.28. The van der Waals surface area contributed by atoms with Crippen molar-refractivity contribution >= 4 is 11.6 Å². The van der Waals surface area contributed by atoms with Gasteiger partial charge in [-0.05, 0) is 56.4 Å². The van der Waals surface area contributed by atoms with Gasteiger partial charge in [0, 0.05) is 16.8 Å². The van der Waals surface area contributed by atoms with Crippen molar-refractivity contribution in [1.29, 1.82) is 0 Å². The first-order chi connectivity index (χ1) is 10.3. The summed E-state index contributed by atoms with van der Waals surface area (Å²) in [5.41, 5.74) is 3.23. The molecule has 2 aromatic rings. The Morgan fingerprint density at radius 1 is 1.10 bits per heavy atom. The van der Waals surface area contributed by atoms with Crippen molar-refractivity contribution in [3.05, 3.63) is 40.7 Å². The highest BCUT2D eigenvalue weighted by atomic mass is 35.5. The molecule has 110 valence electrons. The molecule has 4 heteroatoms. The number of fused-ring (bicyclic) bond motifs is 1. The lowest BCUT2D eigenvalue weighted by Crippen LogP contribution is -2.08. The van der Waals surface area contributed by atoms with Gasteiger partial charge in [-0.1, -0.05) is 18.5 Å². The van der Waals surface area contributed by atoms with Crippen molar-refractivity contribution in [3.8, 4) is 17.1 Å². The van der Waals surface area contributed by atoms with E-state index in [2.05, 4.69) is 11.9 Å². The molecule has 0 N–H and O–H groups in total. The number of aryl methyl sites for hydroxylation is 1. The van der Waals surface area contributed by atoms with Crippen LogP contribution in [-0.4, -0.2) is 16.6 Å². The Kier molecular flexibility index (Phi) is 4.39. The summed E-state index contributed by atoms with van der Waals surface area (Å²) in [5, 5.41) is 0.612. The van der Waals surface area contributed by atoms with E-state index in [0.717, 1.165) is 48.4 Å². The quantitative estimate of drug-likeness (QED) is 0.782. The Morgan fingerprint density at radius 3 is 2.62 bits per heavy atom. The minimum atomic E-state index is 0.612. The summed E-state index contributed by atoms with van der Waals surface area (Å²) in [4.78, 5) is 9.16. The molecule has 1 aliphatic rings. The third kappa shape index (κ3) is 3.18. The molecule has 0 amide bonds. The number of aromatic nitrogens is 2. The van der Waals surface area contributed by atoms with E-state index in [9.17, 15) is 0 Å². The highest BCUT2D eigenvalue weighted by molar-refractivity contribution is 6.30. The lowest BCUT2D eigenvalue weighted by atomic mass is 9.97. The normalized spacial score (nSPS) is 13.8. The first kappa shape index (κ1) is 14.3. The van der Waals surface area contributed by atoms with Gasteiger partial charge in [0.2, 0.25) is 0 Å². The molecule has 0 unspecified atom stereocenters. The van der Waals surface area contributed by atoms with E-state index in [1.807, 2.05) is 24.3 Å². The van der Waals surface area contributed by atoms with E-state index in [4.69, 9.17) is 21.3 Å². The van der Waals surface area contributed by atoms with Gasteiger partial charge in [0.25, 0.3) is 0 Å². The van der Waals surface area contributed by atoms with Crippen LogP contribution in [0.2, 0.25) is 5.15 Å². The Balaban J connectivity index is 1.88. The van der Waals surface area contributed by atoms with Gasteiger partial charge >= 0.3 is 0 Å². The van der Waals surface area contributed by atoms with Crippen molar-refractivity contribution in [2.45, 2.75) is 39.0 Å². The lowest BCUT2D eigenvalue weighted by molar-refractivity contribution is 0.317. The van der Waals surface area contributed by atoms with E-state index in [-0.39, 0.29) is 0 Å². The Bertz CT molecular complexity index is 625. The number of nitrogens with zero attached hydrogens (tertiary/aromatic N) is 2. The number of halogens is 1. The second-order valence-corrected chi connectivity index (χ2v) is 5.70. The predicted octanol–water partition coefficient (Wildman–Crippen LogP) is 4.46. The van der Waals surface area contributed by atoms with Crippen LogP contribution in [0.25, 0.3) is 11.4 Å². The third-order valence-corrected chi connectivity index (χ3v) is 4.03. The van der Waals surface area contributed by atoms with Gasteiger partial charge in [-0.3, -0.25) is 0 Å². The van der Waals surface area contributed by atoms with Crippen molar-refractivity contribution in [3.63, 3.8) is 0 Å². The minimum Gasteiger partial charge on any atom is -0.494 e. The molecule has 0 saturated heterocycles. The number of benzene rings is 1. The molecule has 0 spiro atoms. The molecule has 3 nitrogen and oxygen atoms in total. The van der Waals surface area contributed by atoms with Crippen LogP contribution in [0.4, 0.5) is 0 Å². The van der Waals surface area contributed by atoms with Crippen LogP contribution < -0.4 is 4.74 Å². The molecule has 0 fully saturated rings. The van der Waals surface area contributed by atoms with E-state index < -0.39 is 0 Å². The predicted molar refractivity (Wildman–Crippen MR) is 84.9 cm³/mol. The van der Waals surface area contributed by atoms with Crippen molar-refractivity contribution in [2.75, 3.05) is 6.61 Å². The zero-order chi connectivity index (χ0) is 14.7. The maximum atomic E-state index is 6.32. The Hall–Kier alpha value is -1.61. The largest absolute Gasteiger partial charge is 0.494 e. The van der Waals surface area contributed by atoms with Gasteiger partial charge in [-0.2, -0.15) is 0 Å². The second kappa shape index (κ2) is 6.44. The van der Waals surface area contributed by atoms with Crippen molar-refractivity contribution in [1.82, 2.24) is 9.97 Å². The van der Waals surface area contributed by atoms with Crippen LogP contribution in [0.5, 0.6) is 5.75 Å². The molecule has 0 atom stereocenters. The molecule has 0 radical (unpaired) electrons. The molecule has 3 rings (SSSR count). The van der Waals surface area contributed by atoms with Crippen LogP contribution in [0, 0.1) is 0 Å². The number of hydrogen-bond acceptors (Lipinski definition) is 3. The van der Waals surface area contributed by atoms with Gasteiger partial charge in [-0.15, -0.1) is 0 Å². The Morgan fingerprint density at radius 2 is 1.86 bits per heavy atom. The summed E-state index contributed by atoms with van der Waals surface area (Å²) in [6.45, 7) is 2.83. The summed E-state index contributed by atoms with van der Waals surface area (Å²) in [6, 6.07) is 7.90. The average Bonchev–Trinajstić information content (AvgIpc) is 2.53. The molecule has 1 aliphatic carbocycles. The van der Waals surface area contributed by atoms with Crippen LogP contribution in [-0.2, 0) is 12.8 Å². The molecule has 1 heterocycles. The first-order valence-electron chi connectivity index (χ1n) is 7.56. The SMILES string of the molecule is CCCOc1ccc(-c2nc(Cl)c3c(n2)CCCC3)cc1. The van der Waals surface area contributed by atoms with Gasteiger partial charge in [0.05, 0.1) is 6.61 Å². The monoisotopic (exact) mass is 302 g/mol. The van der Waals surface area contributed by atoms with Crippen molar-refractivity contribution in [2.24, 2.45) is 0 Å². The fourth-order valence-corrected chi connectivity index (χ4v) is 2.88. The standard InChI is InChI=1S/C17H19ClN2O/c1-2-11-21-13-9-7-12(8-10-13)17-19-15-6-4-3-5-14(15)16(18)20-17/h7-10H,2-6,11H2,1H3. The summed E-state index contributed by atoms with van der Waals surface area (Å²) in [7, 11) is 0. The molecule has 0 bridgehead atoms. The fourth-order valence-electron chi connectivity index (χ4n) is 2.60. The molecule has 0 saturated carbocycles.